The van der Waals surface area contributed by atoms with Crippen LogP contribution in [0.4, 0.5) is 0 Å². The van der Waals surface area contributed by atoms with E-state index in [9.17, 15) is 9.59 Å². The highest BCUT2D eigenvalue weighted by atomic mass is 35.5. The third-order valence-corrected chi connectivity index (χ3v) is 3.19. The van der Waals surface area contributed by atoms with Crippen molar-refractivity contribution in [1.82, 2.24) is 5.32 Å². The maximum Gasteiger partial charge on any atom is 0.308 e. The Labute approximate surface area is 111 Å². The maximum atomic E-state index is 11.8. The molecular weight excluding hydrogens is 254 g/mol. The molecule has 0 aliphatic heterocycles. The van der Waals surface area contributed by atoms with Crippen molar-refractivity contribution in [3.05, 3.63) is 34.3 Å². The van der Waals surface area contributed by atoms with Crippen molar-refractivity contribution in [2.75, 3.05) is 6.54 Å². The Hall–Kier alpha value is -1.55. The number of aryl methyl sites for hydroxylation is 1. The van der Waals surface area contributed by atoms with Crippen LogP contribution in [0.5, 0.6) is 0 Å². The number of rotatable bonds is 5. The second kappa shape index (κ2) is 6.40. The zero-order valence-corrected chi connectivity index (χ0v) is 11.1. The molecule has 1 atom stereocenters. The summed E-state index contributed by atoms with van der Waals surface area (Å²) in [5.41, 5.74) is 1.33. The summed E-state index contributed by atoms with van der Waals surface area (Å²) in [5.74, 6) is -1.77. The molecule has 1 aromatic rings. The smallest absolute Gasteiger partial charge is 0.308 e. The molecule has 18 heavy (non-hydrogen) atoms. The average molecular weight is 270 g/mol. The van der Waals surface area contributed by atoms with Crippen LogP contribution in [0.2, 0.25) is 5.02 Å². The lowest BCUT2D eigenvalue weighted by molar-refractivity contribution is -0.141. The second-order valence-electron chi connectivity index (χ2n) is 4.12. The molecule has 1 aromatic carbocycles. The number of carbonyl (C=O) groups is 2. The third-order valence-electron chi connectivity index (χ3n) is 2.79. The summed E-state index contributed by atoms with van der Waals surface area (Å²) >= 11 is 5.92. The van der Waals surface area contributed by atoms with Crippen LogP contribution in [0.15, 0.2) is 18.2 Å². The highest BCUT2D eigenvalue weighted by molar-refractivity contribution is 6.31. The Morgan fingerprint density at radius 2 is 2.11 bits per heavy atom. The SMILES string of the molecule is CCC(CNC(=O)c1ccc(C)c(Cl)c1)C(=O)O. The van der Waals surface area contributed by atoms with Gasteiger partial charge in [0.25, 0.3) is 5.91 Å². The van der Waals surface area contributed by atoms with Gasteiger partial charge in [-0.1, -0.05) is 24.6 Å². The lowest BCUT2D eigenvalue weighted by Gasteiger charge is -2.11. The fourth-order valence-corrected chi connectivity index (χ4v) is 1.64. The molecule has 0 saturated carbocycles. The topological polar surface area (TPSA) is 66.4 Å². The summed E-state index contributed by atoms with van der Waals surface area (Å²) in [4.78, 5) is 22.6. The molecule has 0 saturated heterocycles. The summed E-state index contributed by atoms with van der Waals surface area (Å²) < 4.78 is 0. The van der Waals surface area contributed by atoms with Crippen LogP contribution in [0.25, 0.3) is 0 Å². The Bertz CT molecular complexity index is 460. The summed E-state index contributed by atoms with van der Waals surface area (Å²) in [7, 11) is 0. The zero-order valence-electron chi connectivity index (χ0n) is 10.4. The average Bonchev–Trinajstić information content (AvgIpc) is 2.32. The van der Waals surface area contributed by atoms with Gasteiger partial charge >= 0.3 is 5.97 Å². The monoisotopic (exact) mass is 269 g/mol. The number of nitrogens with one attached hydrogen (secondary N) is 1. The van der Waals surface area contributed by atoms with Crippen molar-refractivity contribution >= 4 is 23.5 Å². The van der Waals surface area contributed by atoms with E-state index in [0.29, 0.717) is 17.0 Å². The van der Waals surface area contributed by atoms with Crippen LogP contribution in [0.1, 0.15) is 29.3 Å². The van der Waals surface area contributed by atoms with Gasteiger partial charge in [-0.05, 0) is 31.0 Å². The molecule has 1 unspecified atom stereocenters. The molecule has 0 aliphatic rings. The summed E-state index contributed by atoms with van der Waals surface area (Å²) in [6.07, 6.45) is 0.476. The Morgan fingerprint density at radius 3 is 2.61 bits per heavy atom. The van der Waals surface area contributed by atoms with E-state index in [1.807, 2.05) is 6.92 Å². The molecule has 0 bridgehead atoms. The number of benzene rings is 1. The van der Waals surface area contributed by atoms with Crippen molar-refractivity contribution in [3.8, 4) is 0 Å². The molecule has 0 fully saturated rings. The van der Waals surface area contributed by atoms with Crippen LogP contribution in [0.3, 0.4) is 0 Å². The van der Waals surface area contributed by atoms with Crippen molar-refractivity contribution < 1.29 is 14.7 Å². The fourth-order valence-electron chi connectivity index (χ4n) is 1.46. The van der Waals surface area contributed by atoms with Gasteiger partial charge in [0.2, 0.25) is 0 Å². The van der Waals surface area contributed by atoms with Crippen molar-refractivity contribution in [2.24, 2.45) is 5.92 Å². The van der Waals surface area contributed by atoms with E-state index in [2.05, 4.69) is 5.32 Å². The van der Waals surface area contributed by atoms with Crippen molar-refractivity contribution in [2.45, 2.75) is 20.3 Å². The van der Waals surface area contributed by atoms with Gasteiger partial charge in [-0.25, -0.2) is 0 Å². The molecule has 1 amide bonds. The molecule has 4 nitrogen and oxygen atoms in total. The minimum atomic E-state index is -0.903. The normalized spacial score (nSPS) is 11.9. The van der Waals surface area contributed by atoms with E-state index in [4.69, 9.17) is 16.7 Å². The predicted octanol–water partition coefficient (Wildman–Crippen LogP) is 2.49. The molecule has 5 heteroatoms. The number of hydrogen-bond donors (Lipinski definition) is 2. The van der Waals surface area contributed by atoms with Gasteiger partial charge in [-0.3, -0.25) is 9.59 Å². The molecule has 0 aromatic heterocycles. The standard InChI is InChI=1S/C13H16ClNO3/c1-3-9(13(17)18)7-15-12(16)10-5-4-8(2)11(14)6-10/h4-6,9H,3,7H2,1-2H3,(H,15,16)(H,17,18). The lowest BCUT2D eigenvalue weighted by Crippen LogP contribution is -2.32. The van der Waals surface area contributed by atoms with E-state index in [1.54, 1.807) is 25.1 Å². The first-order valence-corrected chi connectivity index (χ1v) is 6.10. The van der Waals surface area contributed by atoms with Crippen LogP contribution in [-0.4, -0.2) is 23.5 Å². The number of carboxylic acid groups (broad SMARTS) is 1. The van der Waals surface area contributed by atoms with Gasteiger partial charge in [-0.2, -0.15) is 0 Å². The minimum absolute atomic E-state index is 0.121. The van der Waals surface area contributed by atoms with E-state index >= 15 is 0 Å². The highest BCUT2D eigenvalue weighted by Gasteiger charge is 2.16. The van der Waals surface area contributed by atoms with Gasteiger partial charge in [0.1, 0.15) is 0 Å². The molecule has 1 rings (SSSR count). The van der Waals surface area contributed by atoms with E-state index in [0.717, 1.165) is 5.56 Å². The summed E-state index contributed by atoms with van der Waals surface area (Å²) in [6.45, 7) is 3.74. The summed E-state index contributed by atoms with van der Waals surface area (Å²) in [6, 6.07) is 5.00. The number of amides is 1. The number of hydrogen-bond acceptors (Lipinski definition) is 2. The second-order valence-corrected chi connectivity index (χ2v) is 4.52. The first-order valence-electron chi connectivity index (χ1n) is 5.72. The minimum Gasteiger partial charge on any atom is -0.481 e. The number of aliphatic carboxylic acids is 1. The van der Waals surface area contributed by atoms with Gasteiger partial charge in [-0.15, -0.1) is 0 Å². The molecular formula is C13H16ClNO3. The van der Waals surface area contributed by atoms with Gasteiger partial charge in [0, 0.05) is 17.1 Å². The fraction of sp³-hybridized carbons (Fsp3) is 0.385. The Kier molecular flexibility index (Phi) is 5.16. The van der Waals surface area contributed by atoms with E-state index in [1.165, 1.54) is 0 Å². The number of carbonyl (C=O) groups excluding carboxylic acids is 1. The molecule has 0 heterocycles. The zero-order chi connectivity index (χ0) is 13.7. The number of carboxylic acids is 1. The molecule has 98 valence electrons. The van der Waals surface area contributed by atoms with Gasteiger partial charge in [0.15, 0.2) is 0 Å². The predicted molar refractivity (Wildman–Crippen MR) is 69.9 cm³/mol. The van der Waals surface area contributed by atoms with Gasteiger partial charge in [0.05, 0.1) is 5.92 Å². The highest BCUT2D eigenvalue weighted by Crippen LogP contribution is 2.16. The van der Waals surface area contributed by atoms with Crippen LogP contribution in [0, 0.1) is 12.8 Å². The quantitative estimate of drug-likeness (QED) is 0.863. The number of halogens is 1. The Morgan fingerprint density at radius 1 is 1.44 bits per heavy atom. The van der Waals surface area contributed by atoms with Crippen LogP contribution in [-0.2, 0) is 4.79 Å². The maximum absolute atomic E-state index is 11.8. The largest absolute Gasteiger partial charge is 0.481 e. The third kappa shape index (κ3) is 3.74. The van der Waals surface area contributed by atoms with Crippen LogP contribution >= 0.6 is 11.6 Å². The summed E-state index contributed by atoms with van der Waals surface area (Å²) in [5, 5.41) is 12.0. The Balaban J connectivity index is 2.65. The van der Waals surface area contributed by atoms with E-state index in [-0.39, 0.29) is 12.5 Å². The molecule has 2 N–H and O–H groups in total. The first-order chi connectivity index (χ1) is 8.45. The lowest BCUT2D eigenvalue weighted by atomic mass is 10.1. The van der Waals surface area contributed by atoms with E-state index < -0.39 is 11.9 Å². The molecule has 0 aliphatic carbocycles. The molecule has 0 radical (unpaired) electrons. The first kappa shape index (κ1) is 14.5. The molecule has 0 spiro atoms. The van der Waals surface area contributed by atoms with Gasteiger partial charge < -0.3 is 10.4 Å². The van der Waals surface area contributed by atoms with Crippen LogP contribution < -0.4 is 5.32 Å². The van der Waals surface area contributed by atoms with Crippen molar-refractivity contribution in [1.29, 1.82) is 0 Å². The van der Waals surface area contributed by atoms with Crippen molar-refractivity contribution in [3.63, 3.8) is 0 Å².